The van der Waals surface area contributed by atoms with E-state index in [0.29, 0.717) is 11.3 Å². The maximum atomic E-state index is 12.6. The number of hydrogen-bond donors (Lipinski definition) is 1. The van der Waals surface area contributed by atoms with Crippen LogP contribution in [0.15, 0.2) is 83.9 Å². The molecule has 0 atom stereocenters. The van der Waals surface area contributed by atoms with E-state index < -0.39 is 0 Å². The monoisotopic (exact) mass is 343 g/mol. The molecule has 0 bridgehead atoms. The summed E-state index contributed by atoms with van der Waals surface area (Å²) in [6.07, 6.45) is 1.77. The molecule has 0 aliphatic rings. The molecule has 3 aromatic rings. The van der Waals surface area contributed by atoms with Crippen molar-refractivity contribution in [2.24, 2.45) is 4.99 Å². The minimum Gasteiger partial charge on any atom is -0.378 e. The number of carbonyl (C=O) groups is 1. The van der Waals surface area contributed by atoms with Gasteiger partial charge in [0.05, 0.1) is 11.3 Å². The van der Waals surface area contributed by atoms with Crippen molar-refractivity contribution in [3.8, 4) is 0 Å². The Hall–Kier alpha value is -3.40. The van der Waals surface area contributed by atoms with Crippen LogP contribution in [0.25, 0.3) is 0 Å². The lowest BCUT2D eigenvalue weighted by Crippen LogP contribution is -2.11. The summed E-state index contributed by atoms with van der Waals surface area (Å²) >= 11 is 0. The summed E-state index contributed by atoms with van der Waals surface area (Å²) in [4.78, 5) is 19.1. The van der Waals surface area contributed by atoms with Crippen molar-refractivity contribution in [1.82, 2.24) is 0 Å². The predicted octanol–water partition coefficient (Wildman–Crippen LogP) is 4.76. The zero-order valence-electron chi connectivity index (χ0n) is 14.9. The van der Waals surface area contributed by atoms with Gasteiger partial charge in [0, 0.05) is 31.7 Å². The Morgan fingerprint density at radius 2 is 1.54 bits per heavy atom. The van der Waals surface area contributed by atoms with Crippen LogP contribution in [0, 0.1) is 0 Å². The Morgan fingerprint density at radius 3 is 2.23 bits per heavy atom. The molecule has 1 amide bonds. The summed E-state index contributed by atoms with van der Waals surface area (Å²) in [6.45, 7) is 0. The molecule has 26 heavy (non-hydrogen) atoms. The number of nitrogens with one attached hydrogen (secondary N) is 1. The van der Waals surface area contributed by atoms with Crippen molar-refractivity contribution in [3.05, 3.63) is 90.0 Å². The van der Waals surface area contributed by atoms with Crippen LogP contribution in [0.3, 0.4) is 0 Å². The van der Waals surface area contributed by atoms with E-state index >= 15 is 0 Å². The molecule has 0 aromatic heterocycles. The zero-order valence-corrected chi connectivity index (χ0v) is 14.9. The van der Waals surface area contributed by atoms with E-state index in [1.54, 1.807) is 12.3 Å². The summed E-state index contributed by atoms with van der Waals surface area (Å²) in [5.41, 5.74) is 4.05. The molecule has 0 heterocycles. The quantitative estimate of drug-likeness (QED) is 0.679. The number of nitrogens with zero attached hydrogens (tertiary/aromatic N) is 2. The molecule has 3 aromatic carbocycles. The molecule has 0 saturated carbocycles. The van der Waals surface area contributed by atoms with E-state index in [-0.39, 0.29) is 5.91 Å². The fourth-order valence-electron chi connectivity index (χ4n) is 2.50. The van der Waals surface area contributed by atoms with Gasteiger partial charge in [0.15, 0.2) is 0 Å². The predicted molar refractivity (Wildman–Crippen MR) is 109 cm³/mol. The van der Waals surface area contributed by atoms with Gasteiger partial charge in [-0.15, -0.1) is 0 Å². The number of rotatable bonds is 5. The van der Waals surface area contributed by atoms with Gasteiger partial charge >= 0.3 is 0 Å². The number of hydrogen-bond acceptors (Lipinski definition) is 3. The maximum Gasteiger partial charge on any atom is 0.257 e. The van der Waals surface area contributed by atoms with E-state index in [1.807, 2.05) is 91.8 Å². The zero-order chi connectivity index (χ0) is 18.4. The number of anilines is 2. The molecule has 4 nitrogen and oxygen atoms in total. The molecule has 0 spiro atoms. The first kappa shape index (κ1) is 17.4. The van der Waals surface area contributed by atoms with Gasteiger partial charge in [-0.1, -0.05) is 42.5 Å². The van der Waals surface area contributed by atoms with E-state index in [9.17, 15) is 4.79 Å². The lowest BCUT2D eigenvalue weighted by Gasteiger charge is -2.11. The average Bonchev–Trinajstić information content (AvgIpc) is 2.67. The van der Waals surface area contributed by atoms with Crippen LogP contribution >= 0.6 is 0 Å². The molecule has 0 saturated heterocycles. The molecule has 4 heteroatoms. The summed E-state index contributed by atoms with van der Waals surface area (Å²) in [5.74, 6) is -0.174. The highest BCUT2D eigenvalue weighted by atomic mass is 16.1. The van der Waals surface area contributed by atoms with Gasteiger partial charge in [0.25, 0.3) is 5.91 Å². The highest BCUT2D eigenvalue weighted by molar-refractivity contribution is 6.08. The summed E-state index contributed by atoms with van der Waals surface area (Å²) in [6, 6.07) is 24.8. The maximum absolute atomic E-state index is 12.6. The Bertz CT molecular complexity index is 900. The van der Waals surface area contributed by atoms with Crippen molar-refractivity contribution < 1.29 is 4.79 Å². The number of benzene rings is 3. The van der Waals surface area contributed by atoms with Crippen LogP contribution in [-0.2, 0) is 0 Å². The summed E-state index contributed by atoms with van der Waals surface area (Å²) < 4.78 is 0. The molecule has 0 unspecified atom stereocenters. The molecule has 0 radical (unpaired) electrons. The highest BCUT2D eigenvalue weighted by Gasteiger charge is 2.10. The van der Waals surface area contributed by atoms with Gasteiger partial charge in [-0.25, -0.2) is 0 Å². The Labute approximate surface area is 153 Å². The Kier molecular flexibility index (Phi) is 5.44. The first-order valence-electron chi connectivity index (χ1n) is 8.40. The van der Waals surface area contributed by atoms with Crippen molar-refractivity contribution >= 4 is 29.2 Å². The minimum atomic E-state index is -0.174. The number of amides is 1. The second-order valence-electron chi connectivity index (χ2n) is 6.08. The van der Waals surface area contributed by atoms with Crippen molar-refractivity contribution in [2.45, 2.75) is 0 Å². The van der Waals surface area contributed by atoms with Crippen molar-refractivity contribution in [3.63, 3.8) is 0 Å². The van der Waals surface area contributed by atoms with Gasteiger partial charge < -0.3 is 10.2 Å². The summed E-state index contributed by atoms with van der Waals surface area (Å²) in [5, 5.41) is 2.90. The first-order chi connectivity index (χ1) is 12.6. The normalized spacial score (nSPS) is 10.7. The van der Waals surface area contributed by atoms with Crippen LogP contribution in [0.1, 0.15) is 15.9 Å². The lowest BCUT2D eigenvalue weighted by atomic mass is 10.1. The molecule has 0 aliphatic heterocycles. The fraction of sp³-hybridized carbons (Fsp3) is 0.0909. The molecule has 0 fully saturated rings. The average molecular weight is 343 g/mol. The second kappa shape index (κ2) is 8.12. The van der Waals surface area contributed by atoms with Crippen LogP contribution in [0.4, 0.5) is 17.1 Å². The van der Waals surface area contributed by atoms with Crippen LogP contribution in [-0.4, -0.2) is 26.2 Å². The standard InChI is InChI=1S/C22H21N3O/c1-25(2)19-14-12-17(13-15-19)16-23-21-11-7-6-10-20(21)22(26)24-18-8-4-3-5-9-18/h3-16H,1-2H3,(H,24,26). The SMILES string of the molecule is CN(C)c1ccc(C=Nc2ccccc2C(=O)Nc2ccccc2)cc1. The summed E-state index contributed by atoms with van der Waals surface area (Å²) in [7, 11) is 4.01. The van der Waals surface area contributed by atoms with Crippen LogP contribution in [0.5, 0.6) is 0 Å². The van der Waals surface area contributed by atoms with E-state index in [2.05, 4.69) is 10.3 Å². The number of para-hydroxylation sites is 2. The van der Waals surface area contributed by atoms with Crippen LogP contribution < -0.4 is 10.2 Å². The van der Waals surface area contributed by atoms with Gasteiger partial charge in [-0.3, -0.25) is 9.79 Å². The largest absolute Gasteiger partial charge is 0.378 e. The molecular weight excluding hydrogens is 322 g/mol. The van der Waals surface area contributed by atoms with E-state index in [1.165, 1.54) is 0 Å². The third-order valence-electron chi connectivity index (χ3n) is 3.94. The first-order valence-corrected chi connectivity index (χ1v) is 8.40. The smallest absolute Gasteiger partial charge is 0.257 e. The second-order valence-corrected chi connectivity index (χ2v) is 6.08. The van der Waals surface area contributed by atoms with Crippen LogP contribution in [0.2, 0.25) is 0 Å². The third-order valence-corrected chi connectivity index (χ3v) is 3.94. The topological polar surface area (TPSA) is 44.7 Å². The van der Waals surface area contributed by atoms with E-state index in [0.717, 1.165) is 16.9 Å². The minimum absolute atomic E-state index is 0.174. The molecule has 3 rings (SSSR count). The fourth-order valence-corrected chi connectivity index (χ4v) is 2.50. The lowest BCUT2D eigenvalue weighted by molar-refractivity contribution is 0.102. The highest BCUT2D eigenvalue weighted by Crippen LogP contribution is 2.21. The van der Waals surface area contributed by atoms with Crippen molar-refractivity contribution in [1.29, 1.82) is 0 Å². The van der Waals surface area contributed by atoms with Gasteiger partial charge in [0.1, 0.15) is 0 Å². The molecular formula is C22H21N3O. The Balaban J connectivity index is 1.79. The van der Waals surface area contributed by atoms with E-state index in [4.69, 9.17) is 0 Å². The van der Waals surface area contributed by atoms with Gasteiger partial charge in [0.2, 0.25) is 0 Å². The van der Waals surface area contributed by atoms with Gasteiger partial charge in [-0.2, -0.15) is 0 Å². The number of aliphatic imine (C=N–C) groups is 1. The number of carbonyl (C=O) groups excluding carboxylic acids is 1. The molecule has 130 valence electrons. The van der Waals surface area contributed by atoms with Gasteiger partial charge in [-0.05, 0) is 42.0 Å². The third kappa shape index (κ3) is 4.36. The molecule has 0 aliphatic carbocycles. The molecule has 1 N–H and O–H groups in total. The van der Waals surface area contributed by atoms with Crippen molar-refractivity contribution in [2.75, 3.05) is 24.3 Å². The Morgan fingerprint density at radius 1 is 0.885 bits per heavy atom.